The Balaban J connectivity index is 1.05. The highest BCUT2D eigenvalue weighted by molar-refractivity contribution is 6.11. The zero-order valence-corrected chi connectivity index (χ0v) is 35.8. The third kappa shape index (κ3) is 5.26. The molecule has 3 aliphatic rings. The summed E-state index contributed by atoms with van der Waals surface area (Å²) in [6.45, 7) is 4.40. The summed E-state index contributed by atoms with van der Waals surface area (Å²) in [5.41, 5.74) is 19.7. The molecule has 0 bridgehead atoms. The first-order valence-electron chi connectivity index (χ1n) is 22.5. The minimum atomic E-state index is -0.536. The van der Waals surface area contributed by atoms with E-state index < -0.39 is 5.41 Å². The van der Waals surface area contributed by atoms with E-state index >= 15 is 0 Å². The van der Waals surface area contributed by atoms with Gasteiger partial charge < -0.3 is 10.2 Å². The van der Waals surface area contributed by atoms with E-state index in [9.17, 15) is 0 Å². The Kier molecular flexibility index (Phi) is 8.05. The van der Waals surface area contributed by atoms with Crippen molar-refractivity contribution in [1.29, 1.82) is 0 Å². The van der Waals surface area contributed by atoms with Crippen molar-refractivity contribution in [2.75, 3.05) is 10.2 Å². The third-order valence-electron chi connectivity index (χ3n) is 14.2. The second kappa shape index (κ2) is 14.0. The van der Waals surface area contributed by atoms with Crippen LogP contribution in [-0.2, 0) is 5.41 Å². The lowest BCUT2D eigenvalue weighted by atomic mass is 9.69. The standard InChI is InChI=1S/C62H44N2/c1-3-14-42-33-39(2)55-38-49(28-31-50(42)55)64(47-18-8-5-9-19-47)48-27-23-41-36-56-53-29-24-43-34-46(63-45-16-6-4-7-17-45)26-30-52(43)61(53)62(59(56)37-44(41)35-48)57-22-13-12-21-54(57)60-51-20-11-10-15-40(51)25-32-58(60)62/h3-39,63H,1-2H3/b14-3-. The minimum absolute atomic E-state index is 0.341. The van der Waals surface area contributed by atoms with Gasteiger partial charge in [-0.05, 0) is 173 Å². The van der Waals surface area contributed by atoms with Crippen molar-refractivity contribution in [2.24, 2.45) is 0 Å². The van der Waals surface area contributed by atoms with Crippen LogP contribution < -0.4 is 10.2 Å². The van der Waals surface area contributed by atoms with Gasteiger partial charge in [-0.2, -0.15) is 0 Å². The van der Waals surface area contributed by atoms with Gasteiger partial charge in [0.25, 0.3) is 0 Å². The fourth-order valence-electron chi connectivity index (χ4n) is 11.5. The molecule has 0 aliphatic heterocycles. The Morgan fingerprint density at radius 3 is 2.08 bits per heavy atom. The largest absolute Gasteiger partial charge is 0.356 e. The van der Waals surface area contributed by atoms with E-state index in [1.54, 1.807) is 0 Å². The van der Waals surface area contributed by atoms with E-state index in [1.165, 1.54) is 93.5 Å². The molecule has 0 radical (unpaired) electrons. The monoisotopic (exact) mass is 816 g/mol. The maximum atomic E-state index is 3.67. The SMILES string of the molecule is C/C=C\C1=CC(C)c2cc(N(c3ccccc3)c3ccc4cc5c(cc4c3)C3(c4ccccc4-c4c3ccc3ccccc43)c3c-5ccc4cc(Nc5ccccc5)ccc34)ccc21. The number of rotatable bonds is 6. The van der Waals surface area contributed by atoms with E-state index in [1.807, 2.05) is 0 Å². The van der Waals surface area contributed by atoms with Gasteiger partial charge in [0.15, 0.2) is 0 Å². The zero-order chi connectivity index (χ0) is 42.5. The summed E-state index contributed by atoms with van der Waals surface area (Å²) in [5.74, 6) is 0.341. The molecule has 2 heteroatoms. The second-order valence-corrected chi connectivity index (χ2v) is 17.7. The summed E-state index contributed by atoms with van der Waals surface area (Å²) in [7, 11) is 0. The molecule has 0 saturated carbocycles. The van der Waals surface area contributed by atoms with Crippen molar-refractivity contribution in [3.63, 3.8) is 0 Å². The molecule has 1 spiro atoms. The van der Waals surface area contributed by atoms with Crippen LogP contribution in [0.1, 0.15) is 53.1 Å². The Hall–Kier alpha value is -7.94. The second-order valence-electron chi connectivity index (χ2n) is 17.7. The number of hydrogen-bond donors (Lipinski definition) is 1. The van der Waals surface area contributed by atoms with Gasteiger partial charge in [0.1, 0.15) is 0 Å². The Morgan fingerprint density at radius 1 is 0.469 bits per heavy atom. The minimum Gasteiger partial charge on any atom is -0.356 e. The first-order chi connectivity index (χ1) is 31.6. The molecular weight excluding hydrogens is 773 g/mol. The number of fused-ring (bicyclic) bond motifs is 16. The van der Waals surface area contributed by atoms with Gasteiger partial charge in [-0.15, -0.1) is 0 Å². The maximum Gasteiger partial charge on any atom is 0.0731 e. The van der Waals surface area contributed by atoms with Crippen LogP contribution in [-0.4, -0.2) is 0 Å². The van der Waals surface area contributed by atoms with Crippen molar-refractivity contribution in [1.82, 2.24) is 0 Å². The average molecular weight is 817 g/mol. The van der Waals surface area contributed by atoms with Crippen LogP contribution in [0.5, 0.6) is 0 Å². The molecule has 1 N–H and O–H groups in total. The Labute approximate surface area is 374 Å². The van der Waals surface area contributed by atoms with Crippen molar-refractivity contribution >= 4 is 66.3 Å². The molecule has 0 fully saturated rings. The molecule has 2 nitrogen and oxygen atoms in total. The summed E-state index contributed by atoms with van der Waals surface area (Å²) in [5, 5.41) is 11.2. The Morgan fingerprint density at radius 2 is 1.20 bits per heavy atom. The predicted octanol–water partition coefficient (Wildman–Crippen LogP) is 16.8. The molecule has 3 aliphatic carbocycles. The lowest BCUT2D eigenvalue weighted by molar-refractivity contribution is 0.803. The van der Waals surface area contributed by atoms with Crippen molar-refractivity contribution in [2.45, 2.75) is 25.2 Å². The lowest BCUT2D eigenvalue weighted by Gasteiger charge is -2.32. The first kappa shape index (κ1) is 36.7. The summed E-state index contributed by atoms with van der Waals surface area (Å²) in [6.07, 6.45) is 6.76. The molecule has 10 aromatic rings. The molecular formula is C62H44N2. The van der Waals surface area contributed by atoms with Gasteiger partial charge in [-0.3, -0.25) is 0 Å². The molecule has 2 atom stereocenters. The lowest BCUT2D eigenvalue weighted by Crippen LogP contribution is -2.26. The molecule has 10 aromatic carbocycles. The van der Waals surface area contributed by atoms with Crippen LogP contribution in [0, 0.1) is 0 Å². The normalized spacial score (nSPS) is 16.5. The van der Waals surface area contributed by atoms with Crippen molar-refractivity contribution < 1.29 is 0 Å². The zero-order valence-electron chi connectivity index (χ0n) is 35.8. The predicted molar refractivity (Wildman–Crippen MR) is 271 cm³/mol. The number of para-hydroxylation sites is 2. The molecule has 0 heterocycles. The fourth-order valence-corrected chi connectivity index (χ4v) is 11.5. The summed E-state index contributed by atoms with van der Waals surface area (Å²) in [6, 6.07) is 74.9. The molecule has 2 unspecified atom stereocenters. The molecule has 13 rings (SSSR count). The molecule has 0 amide bonds. The molecule has 64 heavy (non-hydrogen) atoms. The number of nitrogens with zero attached hydrogens (tertiary/aromatic N) is 1. The molecule has 0 saturated heterocycles. The van der Waals surface area contributed by atoms with E-state index in [0.29, 0.717) is 5.92 Å². The van der Waals surface area contributed by atoms with E-state index in [4.69, 9.17) is 0 Å². The number of allylic oxidation sites excluding steroid dienone is 4. The van der Waals surface area contributed by atoms with Crippen LogP contribution in [0.4, 0.5) is 28.4 Å². The van der Waals surface area contributed by atoms with Gasteiger partial charge in [-0.1, -0.05) is 153 Å². The third-order valence-corrected chi connectivity index (χ3v) is 14.2. The number of hydrogen-bond acceptors (Lipinski definition) is 2. The molecule has 302 valence electrons. The highest BCUT2D eigenvalue weighted by Gasteiger charge is 2.53. The van der Waals surface area contributed by atoms with E-state index in [2.05, 4.69) is 242 Å². The number of benzene rings is 10. The van der Waals surface area contributed by atoms with Crippen LogP contribution in [0.3, 0.4) is 0 Å². The van der Waals surface area contributed by atoms with Crippen LogP contribution in [0.15, 0.2) is 218 Å². The van der Waals surface area contributed by atoms with Gasteiger partial charge in [0, 0.05) is 34.4 Å². The van der Waals surface area contributed by atoms with Crippen molar-refractivity contribution in [3.05, 3.63) is 252 Å². The number of nitrogens with one attached hydrogen (secondary N) is 1. The van der Waals surface area contributed by atoms with E-state index in [-0.39, 0.29) is 0 Å². The maximum absolute atomic E-state index is 3.67. The van der Waals surface area contributed by atoms with Crippen LogP contribution in [0.2, 0.25) is 0 Å². The quantitative estimate of drug-likeness (QED) is 0.180. The van der Waals surface area contributed by atoms with Crippen LogP contribution >= 0.6 is 0 Å². The number of anilines is 5. The fraction of sp³-hybridized carbons (Fsp3) is 0.0645. The molecule has 0 aromatic heterocycles. The van der Waals surface area contributed by atoms with Crippen LogP contribution in [0.25, 0.3) is 60.1 Å². The smallest absolute Gasteiger partial charge is 0.0731 e. The van der Waals surface area contributed by atoms with Crippen molar-refractivity contribution in [3.8, 4) is 22.3 Å². The summed E-state index contributed by atoms with van der Waals surface area (Å²) in [4.78, 5) is 2.43. The van der Waals surface area contributed by atoms with Gasteiger partial charge in [0.2, 0.25) is 0 Å². The Bertz CT molecular complexity index is 3620. The van der Waals surface area contributed by atoms with Gasteiger partial charge in [-0.25, -0.2) is 0 Å². The van der Waals surface area contributed by atoms with E-state index in [0.717, 1.165) is 28.4 Å². The van der Waals surface area contributed by atoms with Gasteiger partial charge >= 0.3 is 0 Å². The highest BCUT2D eigenvalue weighted by Crippen LogP contribution is 2.65. The topological polar surface area (TPSA) is 15.3 Å². The summed E-state index contributed by atoms with van der Waals surface area (Å²) < 4.78 is 0. The summed E-state index contributed by atoms with van der Waals surface area (Å²) >= 11 is 0. The first-order valence-corrected chi connectivity index (χ1v) is 22.5. The average Bonchev–Trinajstić information content (AvgIpc) is 3.93. The van der Waals surface area contributed by atoms with Gasteiger partial charge in [0.05, 0.1) is 5.41 Å². The highest BCUT2D eigenvalue weighted by atomic mass is 15.1.